The standard InChI is InChI=1S/C22H22ClFN4O3/c1-14(2)31-12-6-11-26-20(29)15-7-3-4-10-19(15)28-21(26)25-27(22(28)30)13-16-17(23)8-5-9-18(16)24/h3-5,7-10,14H,6,11-13H2,1-2H3. The minimum Gasteiger partial charge on any atom is -0.379 e. The molecule has 0 aliphatic carbocycles. The zero-order chi connectivity index (χ0) is 22.1. The van der Waals surface area contributed by atoms with Crippen molar-refractivity contribution in [3.8, 4) is 0 Å². The first-order valence-electron chi connectivity index (χ1n) is 10.0. The fraction of sp³-hybridized carbons (Fsp3) is 0.318. The molecule has 0 atom stereocenters. The molecule has 2 heterocycles. The van der Waals surface area contributed by atoms with Crippen molar-refractivity contribution >= 4 is 28.3 Å². The van der Waals surface area contributed by atoms with Crippen molar-refractivity contribution in [2.75, 3.05) is 6.61 Å². The Labute approximate surface area is 182 Å². The Morgan fingerprint density at radius 1 is 1.13 bits per heavy atom. The van der Waals surface area contributed by atoms with Crippen LogP contribution in [0.25, 0.3) is 16.7 Å². The molecule has 7 nitrogen and oxygen atoms in total. The fourth-order valence-electron chi connectivity index (χ4n) is 3.55. The summed E-state index contributed by atoms with van der Waals surface area (Å²) >= 11 is 6.13. The molecule has 0 amide bonds. The van der Waals surface area contributed by atoms with E-state index in [0.717, 1.165) is 4.68 Å². The van der Waals surface area contributed by atoms with Gasteiger partial charge >= 0.3 is 5.69 Å². The monoisotopic (exact) mass is 444 g/mol. The maximum atomic E-state index is 14.3. The molecule has 0 bridgehead atoms. The lowest BCUT2D eigenvalue weighted by atomic mass is 10.2. The highest BCUT2D eigenvalue weighted by Gasteiger charge is 2.18. The highest BCUT2D eigenvalue weighted by molar-refractivity contribution is 6.31. The van der Waals surface area contributed by atoms with Gasteiger partial charge in [0, 0.05) is 23.7 Å². The van der Waals surface area contributed by atoms with Crippen LogP contribution in [-0.4, -0.2) is 31.5 Å². The predicted molar refractivity (Wildman–Crippen MR) is 117 cm³/mol. The average Bonchev–Trinajstić information content (AvgIpc) is 3.06. The van der Waals surface area contributed by atoms with Crippen LogP contribution in [0.3, 0.4) is 0 Å². The van der Waals surface area contributed by atoms with Gasteiger partial charge in [-0.25, -0.2) is 18.3 Å². The Bertz CT molecular complexity index is 1350. The molecule has 0 aliphatic heterocycles. The van der Waals surface area contributed by atoms with Gasteiger partial charge in [0.2, 0.25) is 5.78 Å². The Balaban J connectivity index is 1.87. The SMILES string of the molecule is CC(C)OCCCn1c(=O)c2ccccc2n2c(=O)n(Cc3c(F)cccc3Cl)nc12. The normalized spacial score (nSPS) is 11.8. The van der Waals surface area contributed by atoms with E-state index >= 15 is 0 Å². The molecule has 4 rings (SSSR count). The largest absolute Gasteiger partial charge is 0.379 e. The summed E-state index contributed by atoms with van der Waals surface area (Å²) in [7, 11) is 0. The highest BCUT2D eigenvalue weighted by Crippen LogP contribution is 2.20. The van der Waals surface area contributed by atoms with Gasteiger partial charge in [-0.05, 0) is 44.5 Å². The molecule has 4 aromatic rings. The summed E-state index contributed by atoms with van der Waals surface area (Å²) in [5.74, 6) is -0.324. The molecule has 0 saturated heterocycles. The van der Waals surface area contributed by atoms with Crippen molar-refractivity contribution in [3.05, 3.63) is 79.7 Å². The second kappa shape index (κ2) is 8.64. The summed E-state index contributed by atoms with van der Waals surface area (Å²) in [5.41, 5.74) is -0.0994. The smallest absolute Gasteiger partial charge is 0.352 e. The van der Waals surface area contributed by atoms with Gasteiger partial charge in [-0.1, -0.05) is 29.8 Å². The molecule has 0 saturated carbocycles. The van der Waals surface area contributed by atoms with Crippen molar-refractivity contribution < 1.29 is 9.13 Å². The van der Waals surface area contributed by atoms with E-state index in [4.69, 9.17) is 16.3 Å². The van der Waals surface area contributed by atoms with Crippen LogP contribution in [0.4, 0.5) is 4.39 Å². The second-order valence-electron chi connectivity index (χ2n) is 7.52. The van der Waals surface area contributed by atoms with Crippen molar-refractivity contribution in [1.29, 1.82) is 0 Å². The summed E-state index contributed by atoms with van der Waals surface area (Å²) in [6.07, 6.45) is 0.660. The van der Waals surface area contributed by atoms with Crippen LogP contribution in [0.1, 0.15) is 25.8 Å². The van der Waals surface area contributed by atoms with Crippen LogP contribution < -0.4 is 11.2 Å². The number of hydrogen-bond acceptors (Lipinski definition) is 4. The lowest BCUT2D eigenvalue weighted by molar-refractivity contribution is 0.0748. The Morgan fingerprint density at radius 3 is 2.65 bits per heavy atom. The van der Waals surface area contributed by atoms with Gasteiger partial charge in [0.1, 0.15) is 5.82 Å². The second-order valence-corrected chi connectivity index (χ2v) is 7.93. The molecular formula is C22H22ClFN4O3. The first-order chi connectivity index (χ1) is 14.9. The van der Waals surface area contributed by atoms with E-state index in [2.05, 4.69) is 5.10 Å². The number of nitrogens with zero attached hydrogens (tertiary/aromatic N) is 4. The number of aryl methyl sites for hydroxylation is 1. The molecule has 9 heteroatoms. The number of rotatable bonds is 7. The van der Waals surface area contributed by atoms with Gasteiger partial charge in [-0.15, -0.1) is 5.10 Å². The zero-order valence-corrected chi connectivity index (χ0v) is 18.0. The number of hydrogen-bond donors (Lipinski definition) is 0. The lowest BCUT2D eigenvalue weighted by Crippen LogP contribution is -2.27. The quantitative estimate of drug-likeness (QED) is 0.409. The van der Waals surface area contributed by atoms with E-state index in [0.29, 0.717) is 30.5 Å². The van der Waals surface area contributed by atoms with Gasteiger partial charge < -0.3 is 4.74 Å². The van der Waals surface area contributed by atoms with Crippen LogP contribution in [0, 0.1) is 5.82 Å². The Kier molecular flexibility index (Phi) is 5.93. The van der Waals surface area contributed by atoms with Crippen LogP contribution in [-0.2, 0) is 17.8 Å². The van der Waals surface area contributed by atoms with Crippen LogP contribution in [0.5, 0.6) is 0 Å². The van der Waals surface area contributed by atoms with Gasteiger partial charge in [0.15, 0.2) is 0 Å². The molecular weight excluding hydrogens is 423 g/mol. The zero-order valence-electron chi connectivity index (χ0n) is 17.2. The van der Waals surface area contributed by atoms with Crippen molar-refractivity contribution in [3.63, 3.8) is 0 Å². The maximum Gasteiger partial charge on any atom is 0.352 e. The summed E-state index contributed by atoms with van der Waals surface area (Å²) in [5, 5.41) is 4.99. The maximum absolute atomic E-state index is 14.3. The van der Waals surface area contributed by atoms with E-state index in [-0.39, 0.29) is 34.6 Å². The van der Waals surface area contributed by atoms with E-state index in [9.17, 15) is 14.0 Å². The average molecular weight is 445 g/mol. The number of halogens is 2. The number of benzene rings is 2. The topological polar surface area (TPSA) is 70.5 Å². The third-order valence-corrected chi connectivity index (χ3v) is 5.39. The third kappa shape index (κ3) is 4.00. The summed E-state index contributed by atoms with van der Waals surface area (Å²) in [6, 6.07) is 11.2. The van der Waals surface area contributed by atoms with Gasteiger partial charge in [0.25, 0.3) is 5.56 Å². The third-order valence-electron chi connectivity index (χ3n) is 5.03. The van der Waals surface area contributed by atoms with Crippen molar-refractivity contribution in [2.45, 2.75) is 39.5 Å². The summed E-state index contributed by atoms with van der Waals surface area (Å²) in [6.45, 7) is 4.53. The Hall–Kier alpha value is -2.97. The van der Waals surface area contributed by atoms with Crippen molar-refractivity contribution in [2.24, 2.45) is 0 Å². The molecule has 0 aliphatic rings. The van der Waals surface area contributed by atoms with E-state index in [1.54, 1.807) is 30.3 Å². The highest BCUT2D eigenvalue weighted by atomic mass is 35.5. The van der Waals surface area contributed by atoms with Gasteiger partial charge in [-0.2, -0.15) is 0 Å². The molecule has 0 unspecified atom stereocenters. The molecule has 0 N–H and O–H groups in total. The molecule has 162 valence electrons. The minimum atomic E-state index is -0.524. The number of aromatic nitrogens is 4. The number of fused-ring (bicyclic) bond motifs is 3. The molecule has 0 radical (unpaired) electrons. The van der Waals surface area contributed by atoms with E-state index in [1.165, 1.54) is 21.1 Å². The first-order valence-corrected chi connectivity index (χ1v) is 10.4. The molecule has 0 spiro atoms. The Morgan fingerprint density at radius 2 is 1.90 bits per heavy atom. The molecule has 31 heavy (non-hydrogen) atoms. The van der Waals surface area contributed by atoms with Crippen LogP contribution >= 0.6 is 11.6 Å². The summed E-state index contributed by atoms with van der Waals surface area (Å²) in [4.78, 5) is 26.3. The van der Waals surface area contributed by atoms with Crippen LogP contribution in [0.15, 0.2) is 52.1 Å². The van der Waals surface area contributed by atoms with E-state index in [1.807, 2.05) is 13.8 Å². The minimum absolute atomic E-state index is 0.0840. The van der Waals surface area contributed by atoms with Gasteiger partial charge in [0.05, 0.1) is 23.6 Å². The lowest BCUT2D eigenvalue weighted by Gasteiger charge is -2.11. The number of ether oxygens (including phenoxy) is 1. The first kappa shape index (κ1) is 21.3. The fourth-order valence-corrected chi connectivity index (χ4v) is 3.77. The van der Waals surface area contributed by atoms with Crippen molar-refractivity contribution in [1.82, 2.24) is 18.7 Å². The predicted octanol–water partition coefficient (Wildman–Crippen LogP) is 3.47. The number of para-hydroxylation sites is 1. The summed E-state index contributed by atoms with van der Waals surface area (Å²) < 4.78 is 23.8. The molecule has 2 aromatic carbocycles. The van der Waals surface area contributed by atoms with Crippen LogP contribution in [0.2, 0.25) is 5.02 Å². The van der Waals surface area contributed by atoms with Gasteiger partial charge in [-0.3, -0.25) is 9.36 Å². The molecule has 0 fully saturated rings. The van der Waals surface area contributed by atoms with E-state index < -0.39 is 11.5 Å². The molecule has 2 aromatic heterocycles.